The molecule has 0 aliphatic rings. The second-order valence-electron chi connectivity index (χ2n) is 5.06. The van der Waals surface area contributed by atoms with Crippen LogP contribution in [0.5, 0.6) is 0 Å². The third-order valence-electron chi connectivity index (χ3n) is 2.64. The molecule has 20 heavy (non-hydrogen) atoms. The van der Waals surface area contributed by atoms with Crippen LogP contribution in [0.3, 0.4) is 0 Å². The van der Waals surface area contributed by atoms with Gasteiger partial charge in [0.15, 0.2) is 0 Å². The Hall–Kier alpha value is -1.75. The predicted octanol–water partition coefficient (Wildman–Crippen LogP) is 2.10. The second-order valence-corrected chi connectivity index (χ2v) is 5.06. The highest BCUT2D eigenvalue weighted by molar-refractivity contribution is 6.00. The highest BCUT2D eigenvalue weighted by Gasteiger charge is 2.10. The van der Waals surface area contributed by atoms with Gasteiger partial charge in [0.2, 0.25) is 0 Å². The van der Waals surface area contributed by atoms with Crippen molar-refractivity contribution >= 4 is 17.3 Å². The van der Waals surface area contributed by atoms with Crippen LogP contribution in [0.1, 0.15) is 31.1 Å². The lowest BCUT2D eigenvalue weighted by Crippen LogP contribution is -2.24. The topological polar surface area (TPSA) is 76.4 Å². The predicted molar refractivity (Wildman–Crippen MR) is 83.0 cm³/mol. The van der Waals surface area contributed by atoms with Gasteiger partial charge in [-0.15, -0.1) is 0 Å². The first kappa shape index (κ1) is 16.3. The summed E-state index contributed by atoms with van der Waals surface area (Å²) in [4.78, 5) is 11.9. The molecular weight excluding hydrogens is 254 g/mol. The van der Waals surface area contributed by atoms with Crippen molar-refractivity contribution in [2.75, 3.05) is 37.4 Å². The van der Waals surface area contributed by atoms with E-state index < -0.39 is 0 Å². The molecule has 0 fully saturated rings. The van der Waals surface area contributed by atoms with Gasteiger partial charge in [-0.1, -0.05) is 13.8 Å². The van der Waals surface area contributed by atoms with E-state index in [-0.39, 0.29) is 5.91 Å². The van der Waals surface area contributed by atoms with Gasteiger partial charge in [0.1, 0.15) is 0 Å². The molecule has 1 aromatic rings. The van der Waals surface area contributed by atoms with Crippen LogP contribution >= 0.6 is 0 Å². The van der Waals surface area contributed by atoms with E-state index in [0.29, 0.717) is 36.9 Å². The average molecular weight is 279 g/mol. The number of amides is 1. The van der Waals surface area contributed by atoms with E-state index in [9.17, 15) is 4.79 Å². The second kappa shape index (κ2) is 8.43. The summed E-state index contributed by atoms with van der Waals surface area (Å²) in [5, 5.41) is 5.99. The van der Waals surface area contributed by atoms with E-state index in [0.717, 1.165) is 12.3 Å². The van der Waals surface area contributed by atoms with Crippen molar-refractivity contribution in [3.63, 3.8) is 0 Å². The summed E-state index contributed by atoms with van der Waals surface area (Å²) in [6.07, 6.45) is 0. The highest BCUT2D eigenvalue weighted by atomic mass is 16.5. The van der Waals surface area contributed by atoms with Crippen molar-refractivity contribution in [2.24, 2.45) is 5.92 Å². The number of hydrogen-bond acceptors (Lipinski definition) is 4. The zero-order chi connectivity index (χ0) is 15.0. The summed E-state index contributed by atoms with van der Waals surface area (Å²) < 4.78 is 5.50. The molecule has 0 saturated heterocycles. The van der Waals surface area contributed by atoms with Gasteiger partial charge in [0, 0.05) is 31.1 Å². The van der Waals surface area contributed by atoms with Crippen LogP contribution in [0.2, 0.25) is 0 Å². The molecule has 0 aliphatic heterocycles. The average Bonchev–Trinajstić information content (AvgIpc) is 2.38. The van der Waals surface area contributed by atoms with Crippen LogP contribution in [0.4, 0.5) is 11.4 Å². The quantitative estimate of drug-likeness (QED) is 0.503. The fraction of sp³-hybridized carbons (Fsp3) is 0.533. The molecule has 112 valence electrons. The molecule has 5 heteroatoms. The Morgan fingerprint density at radius 2 is 2.15 bits per heavy atom. The maximum atomic E-state index is 11.9. The fourth-order valence-corrected chi connectivity index (χ4v) is 1.74. The van der Waals surface area contributed by atoms with E-state index in [4.69, 9.17) is 10.5 Å². The fourth-order valence-electron chi connectivity index (χ4n) is 1.74. The molecule has 0 saturated carbocycles. The monoisotopic (exact) mass is 279 g/mol. The summed E-state index contributed by atoms with van der Waals surface area (Å²) >= 11 is 0. The molecule has 0 radical (unpaired) electrons. The number of rotatable bonds is 8. The van der Waals surface area contributed by atoms with Crippen molar-refractivity contribution in [2.45, 2.75) is 20.8 Å². The van der Waals surface area contributed by atoms with Gasteiger partial charge in [-0.3, -0.25) is 4.79 Å². The van der Waals surface area contributed by atoms with Gasteiger partial charge in [-0.25, -0.2) is 0 Å². The lowest BCUT2D eigenvalue weighted by molar-refractivity contribution is 0.0956. The van der Waals surface area contributed by atoms with Crippen molar-refractivity contribution in [3.05, 3.63) is 23.8 Å². The minimum Gasteiger partial charge on any atom is -0.399 e. The summed E-state index contributed by atoms with van der Waals surface area (Å²) in [6.45, 7) is 8.69. The first-order chi connectivity index (χ1) is 9.54. The molecule has 0 unspecified atom stereocenters. The zero-order valence-electron chi connectivity index (χ0n) is 12.5. The third kappa shape index (κ3) is 5.48. The van der Waals surface area contributed by atoms with E-state index in [1.54, 1.807) is 18.2 Å². The van der Waals surface area contributed by atoms with E-state index >= 15 is 0 Å². The molecule has 0 atom stereocenters. The molecule has 0 spiro atoms. The van der Waals surface area contributed by atoms with Crippen LogP contribution in [0, 0.1) is 5.92 Å². The van der Waals surface area contributed by atoms with Crippen molar-refractivity contribution in [3.8, 4) is 0 Å². The van der Waals surface area contributed by atoms with Gasteiger partial charge in [-0.2, -0.15) is 0 Å². The van der Waals surface area contributed by atoms with Gasteiger partial charge in [-0.05, 0) is 31.0 Å². The molecule has 1 amide bonds. The summed E-state index contributed by atoms with van der Waals surface area (Å²) in [7, 11) is 0. The Morgan fingerprint density at radius 3 is 2.80 bits per heavy atom. The lowest BCUT2D eigenvalue weighted by Gasteiger charge is -2.13. The Bertz CT molecular complexity index is 433. The number of nitrogens with one attached hydrogen (secondary N) is 2. The summed E-state index contributed by atoms with van der Waals surface area (Å²) in [6, 6.07) is 5.23. The van der Waals surface area contributed by atoms with E-state index in [2.05, 4.69) is 24.5 Å². The Morgan fingerprint density at radius 1 is 1.40 bits per heavy atom. The minimum atomic E-state index is -0.0990. The Kier molecular flexibility index (Phi) is 6.87. The molecular formula is C15H25N3O2. The van der Waals surface area contributed by atoms with E-state index in [1.807, 2.05) is 6.92 Å². The number of carbonyl (C=O) groups is 1. The van der Waals surface area contributed by atoms with Crippen molar-refractivity contribution in [1.29, 1.82) is 0 Å². The smallest absolute Gasteiger partial charge is 0.253 e. The number of nitrogens with two attached hydrogens (primary N) is 1. The van der Waals surface area contributed by atoms with Crippen LogP contribution in [-0.2, 0) is 4.74 Å². The van der Waals surface area contributed by atoms with Gasteiger partial charge >= 0.3 is 0 Å². The molecule has 0 bridgehead atoms. The summed E-state index contributed by atoms with van der Waals surface area (Å²) in [5.74, 6) is 0.423. The normalized spacial score (nSPS) is 10.6. The maximum absolute atomic E-state index is 11.9. The van der Waals surface area contributed by atoms with Crippen molar-refractivity contribution < 1.29 is 9.53 Å². The van der Waals surface area contributed by atoms with E-state index in [1.165, 1.54) is 0 Å². The van der Waals surface area contributed by atoms with Crippen LogP contribution in [0.25, 0.3) is 0 Å². The number of benzene rings is 1. The molecule has 1 rings (SSSR count). The van der Waals surface area contributed by atoms with Crippen LogP contribution < -0.4 is 16.4 Å². The highest BCUT2D eigenvalue weighted by Crippen LogP contribution is 2.19. The molecule has 0 aromatic heterocycles. The Balaban J connectivity index is 2.58. The largest absolute Gasteiger partial charge is 0.399 e. The lowest BCUT2D eigenvalue weighted by atomic mass is 10.1. The molecule has 1 aromatic carbocycles. The SMILES string of the molecule is CCNC(=O)c1ccc(N)cc1NCCOCC(C)C. The number of carbonyl (C=O) groups excluding carboxylic acids is 1. The maximum Gasteiger partial charge on any atom is 0.253 e. The first-order valence-corrected chi connectivity index (χ1v) is 7.04. The molecule has 0 aliphatic carbocycles. The number of nitrogen functional groups attached to an aromatic ring is 1. The van der Waals surface area contributed by atoms with Crippen LogP contribution in [0.15, 0.2) is 18.2 Å². The van der Waals surface area contributed by atoms with Gasteiger partial charge in [0.05, 0.1) is 12.2 Å². The van der Waals surface area contributed by atoms with Gasteiger partial charge < -0.3 is 21.1 Å². The molecule has 0 heterocycles. The first-order valence-electron chi connectivity index (χ1n) is 7.04. The van der Waals surface area contributed by atoms with Gasteiger partial charge in [0.25, 0.3) is 5.91 Å². The number of ether oxygens (including phenoxy) is 1. The van der Waals surface area contributed by atoms with Crippen LogP contribution in [-0.4, -0.2) is 32.2 Å². The zero-order valence-corrected chi connectivity index (χ0v) is 12.5. The third-order valence-corrected chi connectivity index (χ3v) is 2.64. The minimum absolute atomic E-state index is 0.0990. The summed E-state index contributed by atoms with van der Waals surface area (Å²) in [5.41, 5.74) is 7.74. The Labute approximate surface area is 120 Å². The van der Waals surface area contributed by atoms with Crippen molar-refractivity contribution in [1.82, 2.24) is 5.32 Å². The number of anilines is 2. The molecule has 4 N–H and O–H groups in total. The molecule has 5 nitrogen and oxygen atoms in total. The standard InChI is InChI=1S/C15H25N3O2/c1-4-17-15(19)13-6-5-12(16)9-14(13)18-7-8-20-10-11(2)3/h5-6,9,11,18H,4,7-8,10,16H2,1-3H3,(H,17,19). The number of hydrogen-bond donors (Lipinski definition) is 3.